The molecule has 8 heteroatoms. The van der Waals surface area contributed by atoms with Crippen molar-refractivity contribution in [3.8, 4) is 17.0 Å². The zero-order valence-corrected chi connectivity index (χ0v) is 10.8. The number of rotatable bonds is 4. The first-order chi connectivity index (χ1) is 9.58. The summed E-state index contributed by atoms with van der Waals surface area (Å²) < 4.78 is 19.1. The van der Waals surface area contributed by atoms with E-state index in [1.807, 2.05) is 0 Å². The summed E-state index contributed by atoms with van der Waals surface area (Å²) in [6.45, 7) is 0. The van der Waals surface area contributed by atoms with Gasteiger partial charge in [0.15, 0.2) is 17.3 Å². The fraction of sp³-hybridized carbons (Fsp3) is 0.167. The Bertz CT molecular complexity index is 663. The van der Waals surface area contributed by atoms with E-state index >= 15 is 0 Å². The van der Waals surface area contributed by atoms with Gasteiger partial charge in [0.1, 0.15) is 6.20 Å². The molecule has 0 aliphatic rings. The number of nitro groups is 1. The molecule has 0 atom stereocenters. The number of hydrogen-bond donors (Lipinski definition) is 1. The smallest absolute Gasteiger partial charge is 0.313 e. The van der Waals surface area contributed by atoms with Crippen molar-refractivity contribution in [2.45, 2.75) is 0 Å². The van der Waals surface area contributed by atoms with Gasteiger partial charge in [0.25, 0.3) is 0 Å². The van der Waals surface area contributed by atoms with Crippen LogP contribution in [0.4, 0.5) is 16.0 Å². The Labute approximate surface area is 113 Å². The molecule has 0 aliphatic carbocycles. The first kappa shape index (κ1) is 13.7. The zero-order valence-electron chi connectivity index (χ0n) is 10.8. The van der Waals surface area contributed by atoms with E-state index in [4.69, 9.17) is 4.74 Å². The SMILES string of the molecule is CNc1ncc([N+](=O)[O-])c(-c2cccc(OC)c2F)n1. The fourth-order valence-electron chi connectivity index (χ4n) is 1.68. The molecule has 2 aromatic rings. The number of ether oxygens (including phenoxy) is 1. The van der Waals surface area contributed by atoms with Gasteiger partial charge in [-0.3, -0.25) is 10.1 Å². The predicted octanol–water partition coefficient (Wildman–Crippen LogP) is 2.24. The van der Waals surface area contributed by atoms with E-state index in [0.717, 1.165) is 6.20 Å². The summed E-state index contributed by atoms with van der Waals surface area (Å²) >= 11 is 0. The molecule has 7 nitrogen and oxygen atoms in total. The van der Waals surface area contributed by atoms with Crippen LogP contribution in [0.25, 0.3) is 11.3 Å². The molecule has 0 amide bonds. The predicted molar refractivity (Wildman–Crippen MR) is 70.2 cm³/mol. The number of anilines is 1. The van der Waals surface area contributed by atoms with Crippen LogP contribution in [-0.4, -0.2) is 29.0 Å². The lowest BCUT2D eigenvalue weighted by Gasteiger charge is -2.08. The molecule has 1 aromatic heterocycles. The third kappa shape index (κ3) is 2.35. The van der Waals surface area contributed by atoms with Crippen LogP contribution in [-0.2, 0) is 0 Å². The van der Waals surface area contributed by atoms with E-state index in [9.17, 15) is 14.5 Å². The van der Waals surface area contributed by atoms with Crippen molar-refractivity contribution in [1.29, 1.82) is 0 Å². The number of nitrogens with zero attached hydrogens (tertiary/aromatic N) is 3. The molecule has 2 rings (SSSR count). The quantitative estimate of drug-likeness (QED) is 0.681. The molecule has 1 heterocycles. The Morgan fingerprint density at radius 2 is 2.20 bits per heavy atom. The molecule has 0 unspecified atom stereocenters. The summed E-state index contributed by atoms with van der Waals surface area (Å²) in [5.41, 5.74) is -0.503. The first-order valence-corrected chi connectivity index (χ1v) is 5.60. The first-order valence-electron chi connectivity index (χ1n) is 5.60. The lowest BCUT2D eigenvalue weighted by Crippen LogP contribution is -2.03. The minimum atomic E-state index is -0.709. The van der Waals surface area contributed by atoms with Crippen LogP contribution in [0.2, 0.25) is 0 Å². The summed E-state index contributed by atoms with van der Waals surface area (Å²) in [5, 5.41) is 13.7. The lowest BCUT2D eigenvalue weighted by molar-refractivity contribution is -0.384. The Hall–Kier alpha value is -2.77. The highest BCUT2D eigenvalue weighted by atomic mass is 19.1. The van der Waals surface area contributed by atoms with Crippen molar-refractivity contribution in [1.82, 2.24) is 9.97 Å². The van der Waals surface area contributed by atoms with E-state index in [2.05, 4.69) is 15.3 Å². The Morgan fingerprint density at radius 3 is 2.80 bits per heavy atom. The van der Waals surface area contributed by atoms with Crippen LogP contribution in [0.5, 0.6) is 5.75 Å². The van der Waals surface area contributed by atoms with Gasteiger partial charge < -0.3 is 10.1 Å². The van der Waals surface area contributed by atoms with Crippen LogP contribution in [0.15, 0.2) is 24.4 Å². The van der Waals surface area contributed by atoms with Gasteiger partial charge in [0.2, 0.25) is 5.95 Å². The maximum Gasteiger partial charge on any atom is 0.313 e. The van der Waals surface area contributed by atoms with Crippen molar-refractivity contribution in [3.63, 3.8) is 0 Å². The van der Waals surface area contributed by atoms with E-state index < -0.39 is 10.7 Å². The maximum absolute atomic E-state index is 14.2. The summed E-state index contributed by atoms with van der Waals surface area (Å²) in [6, 6.07) is 4.35. The molecule has 1 aromatic carbocycles. The van der Waals surface area contributed by atoms with Crippen LogP contribution >= 0.6 is 0 Å². The molecule has 0 bridgehead atoms. The molecule has 20 heavy (non-hydrogen) atoms. The number of hydrogen-bond acceptors (Lipinski definition) is 6. The van der Waals surface area contributed by atoms with Gasteiger partial charge in [-0.05, 0) is 12.1 Å². The summed E-state index contributed by atoms with van der Waals surface area (Å²) in [5.74, 6) is -0.562. The largest absolute Gasteiger partial charge is 0.494 e. The third-order valence-corrected chi connectivity index (χ3v) is 2.63. The van der Waals surface area contributed by atoms with Gasteiger partial charge in [-0.25, -0.2) is 14.4 Å². The summed E-state index contributed by atoms with van der Waals surface area (Å²) in [6.07, 6.45) is 1.03. The minimum absolute atomic E-state index is 0.0126. The average molecular weight is 278 g/mol. The van der Waals surface area contributed by atoms with E-state index in [0.29, 0.717) is 0 Å². The molecule has 0 spiro atoms. The molecule has 0 saturated carbocycles. The molecule has 104 valence electrons. The second-order valence-corrected chi connectivity index (χ2v) is 3.76. The van der Waals surface area contributed by atoms with Gasteiger partial charge >= 0.3 is 5.69 Å². The highest BCUT2D eigenvalue weighted by molar-refractivity contribution is 5.71. The Kier molecular flexibility index (Phi) is 3.74. The summed E-state index contributed by atoms with van der Waals surface area (Å²) in [7, 11) is 2.88. The van der Waals surface area contributed by atoms with Crippen molar-refractivity contribution in [2.24, 2.45) is 0 Å². The summed E-state index contributed by atoms with van der Waals surface area (Å²) in [4.78, 5) is 18.1. The fourth-order valence-corrected chi connectivity index (χ4v) is 1.68. The van der Waals surface area contributed by atoms with Crippen LogP contribution < -0.4 is 10.1 Å². The zero-order chi connectivity index (χ0) is 14.7. The van der Waals surface area contributed by atoms with Crippen LogP contribution in [0.3, 0.4) is 0 Å². The molecular formula is C12H11FN4O3. The van der Waals surface area contributed by atoms with Gasteiger partial charge in [-0.1, -0.05) is 6.07 Å². The highest BCUT2D eigenvalue weighted by Gasteiger charge is 2.22. The number of halogens is 1. The topological polar surface area (TPSA) is 90.2 Å². The van der Waals surface area contributed by atoms with Crippen molar-refractivity contribution in [2.75, 3.05) is 19.5 Å². The minimum Gasteiger partial charge on any atom is -0.494 e. The molecule has 0 fully saturated rings. The normalized spacial score (nSPS) is 10.2. The van der Waals surface area contributed by atoms with E-state index in [-0.39, 0.29) is 28.6 Å². The van der Waals surface area contributed by atoms with Gasteiger partial charge in [-0.2, -0.15) is 0 Å². The van der Waals surface area contributed by atoms with Crippen molar-refractivity contribution < 1.29 is 14.1 Å². The highest BCUT2D eigenvalue weighted by Crippen LogP contribution is 2.33. The standard InChI is InChI=1S/C12H11FN4O3/c1-14-12-15-6-8(17(18)19)11(16-12)7-4-3-5-9(20-2)10(7)13/h3-6H,1-2H3,(H,14,15,16). The van der Waals surface area contributed by atoms with E-state index in [1.165, 1.54) is 25.3 Å². The monoisotopic (exact) mass is 278 g/mol. The number of methoxy groups -OCH3 is 1. The second kappa shape index (κ2) is 5.47. The van der Waals surface area contributed by atoms with Crippen molar-refractivity contribution in [3.05, 3.63) is 40.3 Å². The Balaban J connectivity index is 2.70. The number of benzene rings is 1. The Morgan fingerprint density at radius 1 is 1.45 bits per heavy atom. The molecule has 1 N–H and O–H groups in total. The molecule has 0 radical (unpaired) electrons. The maximum atomic E-state index is 14.2. The van der Waals surface area contributed by atoms with Crippen LogP contribution in [0.1, 0.15) is 0 Å². The molecule has 0 saturated heterocycles. The molecular weight excluding hydrogens is 267 g/mol. The van der Waals surface area contributed by atoms with Gasteiger partial charge in [0.05, 0.1) is 12.0 Å². The van der Waals surface area contributed by atoms with Crippen molar-refractivity contribution >= 4 is 11.6 Å². The third-order valence-electron chi connectivity index (χ3n) is 2.63. The number of aromatic nitrogens is 2. The lowest BCUT2D eigenvalue weighted by atomic mass is 10.1. The average Bonchev–Trinajstić information content (AvgIpc) is 2.46. The number of nitrogens with one attached hydrogen (secondary N) is 1. The van der Waals surface area contributed by atoms with Crippen LogP contribution in [0, 0.1) is 15.9 Å². The van der Waals surface area contributed by atoms with Gasteiger partial charge in [0, 0.05) is 12.6 Å². The van der Waals surface area contributed by atoms with Gasteiger partial charge in [-0.15, -0.1) is 0 Å². The second-order valence-electron chi connectivity index (χ2n) is 3.76. The molecule has 0 aliphatic heterocycles. The van der Waals surface area contributed by atoms with E-state index in [1.54, 1.807) is 7.05 Å².